The fourth-order valence-corrected chi connectivity index (χ4v) is 3.31. The van der Waals surface area contributed by atoms with Crippen molar-refractivity contribution in [2.45, 2.75) is 49.4 Å². The molecule has 2 saturated carbocycles. The SMILES string of the molecule is O=C(NC1CCC(Cl)CC1)C1CC1c1ccccc1. The first-order valence-electron chi connectivity index (χ1n) is 7.23. The second-order valence-electron chi connectivity index (χ2n) is 5.82. The van der Waals surface area contributed by atoms with Crippen LogP contribution in [0.1, 0.15) is 43.6 Å². The van der Waals surface area contributed by atoms with Crippen molar-refractivity contribution in [3.05, 3.63) is 35.9 Å². The molecule has 3 rings (SSSR count). The zero-order chi connectivity index (χ0) is 13.2. The highest BCUT2D eigenvalue weighted by atomic mass is 35.5. The lowest BCUT2D eigenvalue weighted by Gasteiger charge is -2.25. The van der Waals surface area contributed by atoms with Gasteiger partial charge in [0.05, 0.1) is 0 Å². The summed E-state index contributed by atoms with van der Waals surface area (Å²) in [6, 6.07) is 10.7. The van der Waals surface area contributed by atoms with E-state index in [0.29, 0.717) is 17.3 Å². The van der Waals surface area contributed by atoms with Gasteiger partial charge >= 0.3 is 0 Å². The molecule has 0 spiro atoms. The van der Waals surface area contributed by atoms with E-state index in [0.717, 1.165) is 32.1 Å². The van der Waals surface area contributed by atoms with Crippen LogP contribution < -0.4 is 5.32 Å². The van der Waals surface area contributed by atoms with Crippen LogP contribution in [0.4, 0.5) is 0 Å². The van der Waals surface area contributed by atoms with Gasteiger partial charge in [-0.2, -0.15) is 0 Å². The molecule has 3 heteroatoms. The predicted octanol–water partition coefficient (Wildman–Crippen LogP) is 3.46. The molecule has 0 radical (unpaired) electrons. The van der Waals surface area contributed by atoms with E-state index in [1.54, 1.807) is 0 Å². The number of nitrogens with one attached hydrogen (secondary N) is 1. The van der Waals surface area contributed by atoms with E-state index >= 15 is 0 Å². The van der Waals surface area contributed by atoms with E-state index in [-0.39, 0.29) is 11.8 Å². The molecule has 102 valence electrons. The van der Waals surface area contributed by atoms with Crippen molar-refractivity contribution in [1.82, 2.24) is 5.32 Å². The fraction of sp³-hybridized carbons (Fsp3) is 0.562. The Balaban J connectivity index is 1.50. The van der Waals surface area contributed by atoms with Crippen molar-refractivity contribution in [3.8, 4) is 0 Å². The van der Waals surface area contributed by atoms with E-state index in [1.165, 1.54) is 5.56 Å². The Labute approximate surface area is 119 Å². The van der Waals surface area contributed by atoms with Crippen LogP contribution in [0, 0.1) is 5.92 Å². The van der Waals surface area contributed by atoms with Gasteiger partial charge in [0.1, 0.15) is 0 Å². The molecule has 0 saturated heterocycles. The second kappa shape index (κ2) is 5.54. The zero-order valence-corrected chi connectivity index (χ0v) is 11.8. The quantitative estimate of drug-likeness (QED) is 0.843. The summed E-state index contributed by atoms with van der Waals surface area (Å²) in [5.41, 5.74) is 1.30. The third-order valence-corrected chi connectivity index (χ3v) is 4.79. The monoisotopic (exact) mass is 277 g/mol. The first kappa shape index (κ1) is 13.0. The number of alkyl halides is 1. The third kappa shape index (κ3) is 3.11. The average molecular weight is 278 g/mol. The normalized spacial score (nSPS) is 33.7. The highest BCUT2D eigenvalue weighted by Gasteiger charge is 2.44. The largest absolute Gasteiger partial charge is 0.353 e. The van der Waals surface area contributed by atoms with Crippen molar-refractivity contribution in [2.75, 3.05) is 0 Å². The topological polar surface area (TPSA) is 29.1 Å². The molecule has 2 fully saturated rings. The van der Waals surface area contributed by atoms with Crippen LogP contribution in [0.15, 0.2) is 30.3 Å². The minimum Gasteiger partial charge on any atom is -0.353 e. The van der Waals surface area contributed by atoms with Crippen LogP contribution in [0.5, 0.6) is 0 Å². The molecule has 0 aliphatic heterocycles. The Morgan fingerprint density at radius 2 is 1.79 bits per heavy atom. The first-order chi connectivity index (χ1) is 9.24. The highest BCUT2D eigenvalue weighted by Crippen LogP contribution is 2.47. The number of hydrogen-bond donors (Lipinski definition) is 1. The molecule has 1 aromatic rings. The summed E-state index contributed by atoms with van der Waals surface area (Å²) in [7, 11) is 0. The van der Waals surface area contributed by atoms with Gasteiger partial charge in [-0.25, -0.2) is 0 Å². The molecule has 2 atom stereocenters. The van der Waals surface area contributed by atoms with E-state index in [4.69, 9.17) is 11.6 Å². The van der Waals surface area contributed by atoms with Gasteiger partial charge in [0.25, 0.3) is 0 Å². The third-order valence-electron chi connectivity index (χ3n) is 4.36. The number of amides is 1. The molecule has 2 aliphatic rings. The lowest BCUT2D eigenvalue weighted by Crippen LogP contribution is -2.38. The Morgan fingerprint density at radius 1 is 1.11 bits per heavy atom. The van der Waals surface area contributed by atoms with E-state index in [9.17, 15) is 4.79 Å². The van der Waals surface area contributed by atoms with Crippen LogP contribution in [0.25, 0.3) is 0 Å². The van der Waals surface area contributed by atoms with Crippen molar-refractivity contribution in [3.63, 3.8) is 0 Å². The molecular formula is C16H20ClNO. The zero-order valence-electron chi connectivity index (χ0n) is 11.0. The maximum Gasteiger partial charge on any atom is 0.223 e. The fourth-order valence-electron chi connectivity index (χ4n) is 3.06. The van der Waals surface area contributed by atoms with E-state index < -0.39 is 0 Å². The van der Waals surface area contributed by atoms with E-state index in [1.807, 2.05) is 18.2 Å². The summed E-state index contributed by atoms with van der Waals surface area (Å²) >= 11 is 6.08. The number of hydrogen-bond acceptors (Lipinski definition) is 1. The maximum absolute atomic E-state index is 12.2. The molecule has 1 aromatic carbocycles. The smallest absolute Gasteiger partial charge is 0.223 e. The second-order valence-corrected chi connectivity index (χ2v) is 6.43. The highest BCUT2D eigenvalue weighted by molar-refractivity contribution is 6.20. The summed E-state index contributed by atoms with van der Waals surface area (Å²) in [4.78, 5) is 12.2. The lowest BCUT2D eigenvalue weighted by atomic mass is 9.95. The Kier molecular flexibility index (Phi) is 3.79. The van der Waals surface area contributed by atoms with Gasteiger partial charge in [-0.1, -0.05) is 30.3 Å². The molecule has 1 amide bonds. The predicted molar refractivity (Wildman–Crippen MR) is 77.3 cm³/mol. The summed E-state index contributed by atoms with van der Waals surface area (Å²) in [5.74, 6) is 0.869. The van der Waals surface area contributed by atoms with E-state index in [2.05, 4.69) is 17.4 Å². The van der Waals surface area contributed by atoms with Gasteiger partial charge in [-0.3, -0.25) is 4.79 Å². The number of carbonyl (C=O) groups excluding carboxylic acids is 1. The number of benzene rings is 1. The Morgan fingerprint density at radius 3 is 2.47 bits per heavy atom. The summed E-state index contributed by atoms with van der Waals surface area (Å²) in [5, 5.41) is 3.51. The maximum atomic E-state index is 12.2. The van der Waals surface area contributed by atoms with Crippen molar-refractivity contribution < 1.29 is 4.79 Å². The molecule has 2 nitrogen and oxygen atoms in total. The number of carbonyl (C=O) groups is 1. The molecule has 0 heterocycles. The van der Waals surface area contributed by atoms with Crippen molar-refractivity contribution >= 4 is 17.5 Å². The molecule has 2 unspecified atom stereocenters. The Hall–Kier alpha value is -1.02. The van der Waals surface area contributed by atoms with Gasteiger partial charge in [0, 0.05) is 17.3 Å². The summed E-state index contributed by atoms with van der Waals surface area (Å²) in [6.45, 7) is 0. The average Bonchev–Trinajstić information content (AvgIpc) is 3.23. The lowest BCUT2D eigenvalue weighted by molar-refractivity contribution is -0.123. The number of halogens is 1. The summed E-state index contributed by atoms with van der Waals surface area (Å²) < 4.78 is 0. The van der Waals surface area contributed by atoms with Crippen molar-refractivity contribution in [2.24, 2.45) is 5.92 Å². The molecular weight excluding hydrogens is 258 g/mol. The summed E-state index contributed by atoms with van der Waals surface area (Å²) in [6.07, 6.45) is 5.12. The van der Waals surface area contributed by atoms with Crippen molar-refractivity contribution in [1.29, 1.82) is 0 Å². The minimum atomic E-state index is 0.191. The molecule has 0 aromatic heterocycles. The van der Waals surface area contributed by atoms with Crippen LogP contribution in [0.3, 0.4) is 0 Å². The van der Waals surface area contributed by atoms with Crippen LogP contribution in [0.2, 0.25) is 0 Å². The molecule has 2 aliphatic carbocycles. The number of rotatable bonds is 3. The molecule has 1 N–H and O–H groups in total. The molecule has 19 heavy (non-hydrogen) atoms. The van der Waals surface area contributed by atoms with Gasteiger partial charge < -0.3 is 5.32 Å². The van der Waals surface area contributed by atoms with Crippen LogP contribution in [-0.4, -0.2) is 17.3 Å². The first-order valence-corrected chi connectivity index (χ1v) is 7.67. The minimum absolute atomic E-state index is 0.191. The Bertz CT molecular complexity index is 439. The van der Waals surface area contributed by atoms with Crippen LogP contribution in [-0.2, 0) is 4.79 Å². The van der Waals surface area contributed by atoms with Gasteiger partial charge in [-0.05, 0) is 43.6 Å². The molecule has 0 bridgehead atoms. The van der Waals surface area contributed by atoms with Gasteiger partial charge in [0.15, 0.2) is 0 Å². The van der Waals surface area contributed by atoms with Gasteiger partial charge in [-0.15, -0.1) is 11.6 Å². The standard InChI is InChI=1S/C16H20ClNO/c17-12-6-8-13(9-7-12)18-16(19)15-10-14(15)11-4-2-1-3-5-11/h1-5,12-15H,6-10H2,(H,18,19). The van der Waals surface area contributed by atoms with Crippen LogP contribution >= 0.6 is 11.6 Å². The van der Waals surface area contributed by atoms with Gasteiger partial charge in [0.2, 0.25) is 5.91 Å².